The van der Waals surface area contributed by atoms with Crippen molar-refractivity contribution in [3.05, 3.63) is 12.2 Å². The topological polar surface area (TPSA) is 12.0 Å². The Morgan fingerprint density at radius 3 is 1.88 bits per heavy atom. The van der Waals surface area contributed by atoms with Gasteiger partial charge in [-0.05, 0) is 50.9 Å². The lowest BCUT2D eigenvalue weighted by atomic mass is 10.0. The molecule has 1 unspecified atom stereocenters. The van der Waals surface area contributed by atoms with E-state index in [1.165, 1.54) is 103 Å². The molecule has 0 heterocycles. The lowest BCUT2D eigenvalue weighted by Crippen LogP contribution is -2.07. The zero-order valence-electron chi connectivity index (χ0n) is 17.4. The van der Waals surface area contributed by atoms with Gasteiger partial charge >= 0.3 is 0 Å². The van der Waals surface area contributed by atoms with Gasteiger partial charge in [0.15, 0.2) is 0 Å². The van der Waals surface area contributed by atoms with Crippen molar-refractivity contribution >= 4 is 12.6 Å². The number of hydrogen-bond acceptors (Lipinski definition) is 2. The highest BCUT2D eigenvalue weighted by Gasteiger charge is 2.01. The Morgan fingerprint density at radius 2 is 1.32 bits per heavy atom. The molecule has 0 fully saturated rings. The molecule has 0 aliphatic carbocycles. The summed E-state index contributed by atoms with van der Waals surface area (Å²) in [5, 5.41) is 3.22. The smallest absolute Gasteiger partial charge is 0.00348 e. The molecule has 0 aromatic rings. The monoisotopic (exact) mass is 369 g/mol. The molecule has 25 heavy (non-hydrogen) atoms. The van der Waals surface area contributed by atoms with Crippen LogP contribution >= 0.6 is 12.6 Å². The molecule has 1 atom stereocenters. The lowest BCUT2D eigenvalue weighted by Gasteiger charge is -2.09. The maximum absolute atomic E-state index is 4.51. The molecule has 0 aromatic heterocycles. The standard InChI is InChI=1S/C23H47NS/c1-3-4-5-6-7-8-9-10-11-12-13-14-16-19-23(22-25)20-17-15-18-21-24-2/h16,19,23-25H,3-15,17-18,20-22H2,1-2H3/b19-16+. The van der Waals surface area contributed by atoms with E-state index < -0.39 is 0 Å². The van der Waals surface area contributed by atoms with Crippen molar-refractivity contribution < 1.29 is 0 Å². The number of hydrogen-bond donors (Lipinski definition) is 2. The van der Waals surface area contributed by atoms with E-state index in [9.17, 15) is 0 Å². The molecule has 0 saturated heterocycles. The predicted molar refractivity (Wildman–Crippen MR) is 120 cm³/mol. The average molecular weight is 370 g/mol. The Kier molecular flexibility index (Phi) is 22.1. The van der Waals surface area contributed by atoms with Crippen LogP contribution in [0.15, 0.2) is 12.2 Å². The van der Waals surface area contributed by atoms with Gasteiger partial charge in [-0.2, -0.15) is 12.6 Å². The summed E-state index contributed by atoms with van der Waals surface area (Å²) in [5.41, 5.74) is 0. The van der Waals surface area contributed by atoms with Gasteiger partial charge in [-0.15, -0.1) is 0 Å². The number of unbranched alkanes of at least 4 members (excludes halogenated alkanes) is 13. The van der Waals surface area contributed by atoms with Gasteiger partial charge in [0.1, 0.15) is 0 Å². The zero-order chi connectivity index (χ0) is 18.4. The van der Waals surface area contributed by atoms with E-state index in [1.54, 1.807) is 0 Å². The highest BCUT2D eigenvalue weighted by molar-refractivity contribution is 7.80. The van der Waals surface area contributed by atoms with Gasteiger partial charge < -0.3 is 5.32 Å². The number of thiol groups is 1. The molecule has 150 valence electrons. The number of allylic oxidation sites excluding steroid dienone is 2. The van der Waals surface area contributed by atoms with E-state index in [0.717, 1.165) is 12.3 Å². The van der Waals surface area contributed by atoms with Crippen LogP contribution in [-0.2, 0) is 0 Å². The van der Waals surface area contributed by atoms with Crippen LogP contribution < -0.4 is 5.32 Å². The summed E-state index contributed by atoms with van der Waals surface area (Å²) < 4.78 is 0. The fraction of sp³-hybridized carbons (Fsp3) is 0.913. The van der Waals surface area contributed by atoms with Crippen LogP contribution in [0, 0.1) is 5.92 Å². The highest BCUT2D eigenvalue weighted by atomic mass is 32.1. The van der Waals surface area contributed by atoms with Crippen molar-refractivity contribution in [3.63, 3.8) is 0 Å². The second kappa shape index (κ2) is 22.1. The van der Waals surface area contributed by atoms with Gasteiger partial charge in [0.05, 0.1) is 0 Å². The summed E-state index contributed by atoms with van der Waals surface area (Å²) in [6.45, 7) is 3.45. The van der Waals surface area contributed by atoms with Crippen molar-refractivity contribution in [1.29, 1.82) is 0 Å². The average Bonchev–Trinajstić information content (AvgIpc) is 2.63. The summed E-state index contributed by atoms with van der Waals surface area (Å²) in [6.07, 6.45) is 27.2. The first-order valence-corrected chi connectivity index (χ1v) is 11.9. The molecular weight excluding hydrogens is 322 g/mol. The maximum atomic E-state index is 4.51. The molecule has 2 heteroatoms. The zero-order valence-corrected chi connectivity index (χ0v) is 18.3. The minimum absolute atomic E-state index is 0.686. The molecule has 0 spiro atoms. The van der Waals surface area contributed by atoms with Crippen LogP contribution in [0.1, 0.15) is 110 Å². The molecule has 0 amide bonds. The van der Waals surface area contributed by atoms with Gasteiger partial charge in [-0.1, -0.05) is 96.1 Å². The van der Waals surface area contributed by atoms with Crippen LogP contribution in [0.25, 0.3) is 0 Å². The van der Waals surface area contributed by atoms with E-state index in [0.29, 0.717) is 5.92 Å². The second-order valence-electron chi connectivity index (χ2n) is 7.65. The normalized spacial score (nSPS) is 12.9. The van der Waals surface area contributed by atoms with Crippen molar-refractivity contribution in [2.75, 3.05) is 19.3 Å². The molecule has 0 bridgehead atoms. The fourth-order valence-corrected chi connectivity index (χ4v) is 3.65. The molecule has 0 aromatic carbocycles. The molecular formula is C23H47NS. The van der Waals surface area contributed by atoms with Crippen LogP contribution in [0.5, 0.6) is 0 Å². The summed E-state index contributed by atoms with van der Waals surface area (Å²) in [6, 6.07) is 0. The van der Waals surface area contributed by atoms with E-state index in [1.807, 2.05) is 7.05 Å². The first-order chi connectivity index (χ1) is 12.3. The number of nitrogens with one attached hydrogen (secondary N) is 1. The first-order valence-electron chi connectivity index (χ1n) is 11.3. The van der Waals surface area contributed by atoms with Crippen molar-refractivity contribution in [3.8, 4) is 0 Å². The summed E-state index contributed by atoms with van der Waals surface area (Å²) >= 11 is 4.51. The Balaban J connectivity index is 3.34. The molecule has 0 aliphatic heterocycles. The van der Waals surface area contributed by atoms with Gasteiger partial charge in [0.2, 0.25) is 0 Å². The third-order valence-electron chi connectivity index (χ3n) is 5.12. The Bertz CT molecular complexity index is 265. The summed E-state index contributed by atoms with van der Waals surface area (Å²) in [7, 11) is 2.04. The van der Waals surface area contributed by atoms with Crippen LogP contribution in [-0.4, -0.2) is 19.3 Å². The minimum Gasteiger partial charge on any atom is -0.320 e. The SMILES string of the molecule is CCCCCCCCCCCCC/C=C/C(CS)CCCCCNC. The molecule has 0 radical (unpaired) electrons. The Labute approximate surface area is 165 Å². The summed E-state index contributed by atoms with van der Waals surface area (Å²) in [4.78, 5) is 0. The molecule has 0 rings (SSSR count). The lowest BCUT2D eigenvalue weighted by molar-refractivity contribution is 0.549. The number of rotatable bonds is 20. The van der Waals surface area contributed by atoms with Gasteiger partial charge in [-0.3, -0.25) is 0 Å². The van der Waals surface area contributed by atoms with Gasteiger partial charge in [0, 0.05) is 0 Å². The predicted octanol–water partition coefficient (Wildman–Crippen LogP) is 7.57. The van der Waals surface area contributed by atoms with E-state index in [-0.39, 0.29) is 0 Å². The first kappa shape index (κ1) is 25.1. The Morgan fingerprint density at radius 1 is 0.760 bits per heavy atom. The van der Waals surface area contributed by atoms with Gasteiger partial charge in [0.25, 0.3) is 0 Å². The van der Waals surface area contributed by atoms with Crippen molar-refractivity contribution in [1.82, 2.24) is 5.32 Å². The van der Waals surface area contributed by atoms with Crippen LogP contribution in [0.3, 0.4) is 0 Å². The molecule has 1 nitrogen and oxygen atoms in total. The van der Waals surface area contributed by atoms with E-state index in [2.05, 4.69) is 37.0 Å². The highest BCUT2D eigenvalue weighted by Crippen LogP contribution is 2.15. The third kappa shape index (κ3) is 20.2. The Hall–Kier alpha value is 0.0500. The second-order valence-corrected chi connectivity index (χ2v) is 8.01. The van der Waals surface area contributed by atoms with E-state index in [4.69, 9.17) is 0 Å². The minimum atomic E-state index is 0.686. The van der Waals surface area contributed by atoms with Crippen molar-refractivity contribution in [2.24, 2.45) is 5.92 Å². The molecule has 1 N–H and O–H groups in total. The van der Waals surface area contributed by atoms with E-state index >= 15 is 0 Å². The molecule has 0 aliphatic rings. The molecule has 0 saturated carbocycles. The van der Waals surface area contributed by atoms with Crippen molar-refractivity contribution in [2.45, 2.75) is 110 Å². The fourth-order valence-electron chi connectivity index (χ4n) is 3.35. The summed E-state index contributed by atoms with van der Waals surface area (Å²) in [5.74, 6) is 1.69. The quantitative estimate of drug-likeness (QED) is 0.128. The third-order valence-corrected chi connectivity index (χ3v) is 5.59. The largest absolute Gasteiger partial charge is 0.320 e. The maximum Gasteiger partial charge on any atom is -0.00348 e. The van der Waals surface area contributed by atoms with Crippen LogP contribution in [0.2, 0.25) is 0 Å². The van der Waals surface area contributed by atoms with Gasteiger partial charge in [-0.25, -0.2) is 0 Å². The van der Waals surface area contributed by atoms with Crippen LogP contribution in [0.4, 0.5) is 0 Å².